The lowest BCUT2D eigenvalue weighted by Gasteiger charge is -2.26. The SMILES string of the molecule is CC(C)CC(C(=O)N=C(N)/C=C\NCCCO)N1CC(Oc2ccccc2F)=CC1=O.CF. The zero-order valence-electron chi connectivity index (χ0n) is 19.1. The second-order valence-electron chi connectivity index (χ2n) is 7.49. The molecule has 1 unspecified atom stereocenters. The highest BCUT2D eigenvalue weighted by molar-refractivity contribution is 6.03. The van der Waals surface area contributed by atoms with Gasteiger partial charge in [-0.2, -0.15) is 4.99 Å². The van der Waals surface area contributed by atoms with Gasteiger partial charge in [0.1, 0.15) is 17.6 Å². The molecule has 0 aromatic heterocycles. The predicted molar refractivity (Wildman–Crippen MR) is 123 cm³/mol. The maximum absolute atomic E-state index is 13.8. The molecule has 0 aliphatic carbocycles. The molecule has 0 saturated carbocycles. The van der Waals surface area contributed by atoms with Crippen molar-refractivity contribution < 1.29 is 28.2 Å². The summed E-state index contributed by atoms with van der Waals surface area (Å²) >= 11 is 0. The van der Waals surface area contributed by atoms with Crippen LogP contribution in [0.1, 0.15) is 26.7 Å². The monoisotopic (exact) mass is 466 g/mol. The first-order valence-electron chi connectivity index (χ1n) is 10.5. The van der Waals surface area contributed by atoms with E-state index in [0.717, 1.165) is 0 Å². The van der Waals surface area contributed by atoms with Gasteiger partial charge in [-0.05, 0) is 37.0 Å². The lowest BCUT2D eigenvalue weighted by atomic mass is 10.0. The third-order valence-corrected chi connectivity index (χ3v) is 4.42. The number of hydrogen-bond acceptors (Lipinski definition) is 5. The quantitative estimate of drug-likeness (QED) is 0.262. The number of ether oxygens (including phenoxy) is 1. The molecule has 2 rings (SSSR count). The first-order chi connectivity index (χ1) is 15.8. The van der Waals surface area contributed by atoms with Crippen molar-refractivity contribution in [3.8, 4) is 5.75 Å². The number of amidine groups is 1. The van der Waals surface area contributed by atoms with Crippen LogP contribution in [0.5, 0.6) is 5.75 Å². The third kappa shape index (κ3) is 9.40. The molecule has 0 bridgehead atoms. The molecule has 1 aliphatic rings. The molecular weight excluding hydrogens is 434 g/mol. The Balaban J connectivity index is 0.00000265. The second-order valence-corrected chi connectivity index (χ2v) is 7.49. The Labute approximate surface area is 192 Å². The van der Waals surface area contributed by atoms with Gasteiger partial charge >= 0.3 is 0 Å². The summed E-state index contributed by atoms with van der Waals surface area (Å²) in [6, 6.07) is 5.08. The molecule has 1 aliphatic heterocycles. The highest BCUT2D eigenvalue weighted by Gasteiger charge is 2.34. The van der Waals surface area contributed by atoms with E-state index in [1.807, 2.05) is 13.8 Å². The van der Waals surface area contributed by atoms with Crippen molar-refractivity contribution in [3.05, 3.63) is 54.2 Å². The molecule has 4 N–H and O–H groups in total. The molecule has 0 fully saturated rings. The van der Waals surface area contributed by atoms with E-state index in [1.54, 1.807) is 18.3 Å². The average Bonchev–Trinajstić information content (AvgIpc) is 3.14. The van der Waals surface area contributed by atoms with Crippen molar-refractivity contribution in [3.63, 3.8) is 0 Å². The Morgan fingerprint density at radius 3 is 2.70 bits per heavy atom. The van der Waals surface area contributed by atoms with E-state index in [0.29, 0.717) is 26.6 Å². The number of nitrogens with zero attached hydrogens (tertiary/aromatic N) is 2. The van der Waals surface area contributed by atoms with E-state index in [1.165, 1.54) is 29.2 Å². The molecule has 0 radical (unpaired) electrons. The molecule has 10 heteroatoms. The van der Waals surface area contributed by atoms with Crippen LogP contribution in [0.4, 0.5) is 8.78 Å². The summed E-state index contributed by atoms with van der Waals surface area (Å²) in [5, 5.41) is 11.7. The standard InChI is InChI=1S/C22H29FN4O4.CH3F/c1-15(2)12-18(22(30)26-20(24)8-10-25-9-5-11-28)27-14-16(13-21(27)29)31-19-7-4-3-6-17(19)23;1-2/h3-4,6-8,10,13,15,18,25,28H,5,9,11-12,14H2,1-2H3,(H2,24,26,30);1H3/b10-8-;. The van der Waals surface area contributed by atoms with Crippen molar-refractivity contribution in [2.24, 2.45) is 16.6 Å². The summed E-state index contributed by atoms with van der Waals surface area (Å²) in [5.41, 5.74) is 5.81. The normalized spacial score (nSPS) is 14.8. The number of benzene rings is 1. The van der Waals surface area contributed by atoms with E-state index < -0.39 is 23.7 Å². The topological polar surface area (TPSA) is 117 Å². The fraction of sp³-hybridized carbons (Fsp3) is 0.435. The van der Waals surface area contributed by atoms with Gasteiger partial charge in [0.15, 0.2) is 11.6 Å². The van der Waals surface area contributed by atoms with Crippen LogP contribution in [0.25, 0.3) is 0 Å². The van der Waals surface area contributed by atoms with Crippen molar-refractivity contribution in [2.75, 3.05) is 26.9 Å². The van der Waals surface area contributed by atoms with Gasteiger partial charge in [-0.25, -0.2) is 4.39 Å². The van der Waals surface area contributed by atoms with Gasteiger partial charge in [0.05, 0.1) is 13.7 Å². The zero-order chi connectivity index (χ0) is 24.8. The average molecular weight is 467 g/mol. The van der Waals surface area contributed by atoms with Crippen molar-refractivity contribution in [2.45, 2.75) is 32.7 Å². The van der Waals surface area contributed by atoms with Crippen LogP contribution in [0.15, 0.2) is 53.4 Å². The Kier molecular flexibility index (Phi) is 12.4. The lowest BCUT2D eigenvalue weighted by Crippen LogP contribution is -2.43. The molecule has 8 nitrogen and oxygen atoms in total. The summed E-state index contributed by atoms with van der Waals surface area (Å²) in [5.74, 6) is -1.11. The largest absolute Gasteiger partial charge is 0.457 e. The molecule has 1 heterocycles. The van der Waals surface area contributed by atoms with Gasteiger partial charge in [0.25, 0.3) is 11.8 Å². The van der Waals surface area contributed by atoms with E-state index in [9.17, 15) is 18.4 Å². The van der Waals surface area contributed by atoms with Gasteiger partial charge < -0.3 is 25.8 Å². The number of aliphatic imine (C=N–C) groups is 1. The number of aliphatic hydroxyl groups is 1. The Hall–Kier alpha value is -3.27. The predicted octanol–water partition coefficient (Wildman–Crippen LogP) is 2.30. The number of nitrogens with two attached hydrogens (primary N) is 1. The van der Waals surface area contributed by atoms with Gasteiger partial charge in [-0.1, -0.05) is 26.0 Å². The number of alkyl halides is 1. The van der Waals surface area contributed by atoms with Gasteiger partial charge in [0, 0.05) is 25.4 Å². The van der Waals surface area contributed by atoms with Crippen LogP contribution < -0.4 is 15.8 Å². The number of carbonyl (C=O) groups excluding carboxylic acids is 2. The summed E-state index contributed by atoms with van der Waals surface area (Å²) < 4.78 is 28.9. The minimum absolute atomic E-state index is 0.00214. The number of rotatable bonds is 11. The molecule has 33 heavy (non-hydrogen) atoms. The van der Waals surface area contributed by atoms with E-state index in [2.05, 4.69) is 10.3 Å². The fourth-order valence-corrected chi connectivity index (χ4v) is 2.96. The lowest BCUT2D eigenvalue weighted by molar-refractivity contribution is -0.134. The highest BCUT2D eigenvalue weighted by Crippen LogP contribution is 2.24. The number of nitrogens with one attached hydrogen (secondary N) is 1. The summed E-state index contributed by atoms with van der Waals surface area (Å²) in [6.07, 6.45) is 5.21. The molecule has 0 saturated heterocycles. The number of amides is 2. The molecule has 182 valence electrons. The van der Waals surface area contributed by atoms with Crippen molar-refractivity contribution >= 4 is 17.6 Å². The summed E-state index contributed by atoms with van der Waals surface area (Å²) in [6.45, 7) is 4.53. The number of halogens is 2. The maximum atomic E-state index is 13.8. The smallest absolute Gasteiger partial charge is 0.270 e. The van der Waals surface area contributed by atoms with E-state index in [-0.39, 0.29) is 36.4 Å². The third-order valence-electron chi connectivity index (χ3n) is 4.42. The fourth-order valence-electron chi connectivity index (χ4n) is 2.96. The van der Waals surface area contributed by atoms with Crippen LogP contribution in [0.3, 0.4) is 0 Å². The molecule has 0 spiro atoms. The number of para-hydroxylation sites is 1. The van der Waals surface area contributed by atoms with Crippen LogP contribution in [0, 0.1) is 11.7 Å². The molecule has 2 amide bonds. The molecule has 1 aromatic rings. The van der Waals surface area contributed by atoms with Crippen molar-refractivity contribution in [1.29, 1.82) is 0 Å². The molecular formula is C23H32F2N4O4. The molecule has 1 atom stereocenters. The minimum atomic E-state index is -0.820. The first kappa shape index (κ1) is 27.8. The van der Waals surface area contributed by atoms with Crippen LogP contribution in [-0.4, -0.2) is 60.6 Å². The zero-order valence-corrected chi connectivity index (χ0v) is 19.1. The van der Waals surface area contributed by atoms with E-state index >= 15 is 0 Å². The summed E-state index contributed by atoms with van der Waals surface area (Å²) in [7, 11) is 0.500. The van der Waals surface area contributed by atoms with Crippen LogP contribution >= 0.6 is 0 Å². The number of aliphatic hydroxyl groups excluding tert-OH is 1. The maximum Gasteiger partial charge on any atom is 0.270 e. The van der Waals surface area contributed by atoms with Gasteiger partial charge in [-0.3, -0.25) is 14.0 Å². The molecule has 1 aromatic carbocycles. The number of hydrogen-bond donors (Lipinski definition) is 3. The Morgan fingerprint density at radius 2 is 2.06 bits per heavy atom. The van der Waals surface area contributed by atoms with Crippen molar-refractivity contribution in [1.82, 2.24) is 10.2 Å². The first-order valence-corrected chi connectivity index (χ1v) is 10.5. The highest BCUT2D eigenvalue weighted by atomic mass is 19.1. The summed E-state index contributed by atoms with van der Waals surface area (Å²) in [4.78, 5) is 30.6. The van der Waals surface area contributed by atoms with Crippen LogP contribution in [-0.2, 0) is 9.59 Å². The minimum Gasteiger partial charge on any atom is -0.457 e. The Bertz CT molecular complexity index is 872. The van der Waals surface area contributed by atoms with Gasteiger partial charge in [0.2, 0.25) is 0 Å². The number of carbonyl (C=O) groups is 2. The second kappa shape index (κ2) is 14.7. The Morgan fingerprint density at radius 1 is 1.36 bits per heavy atom. The van der Waals surface area contributed by atoms with Gasteiger partial charge in [-0.15, -0.1) is 0 Å². The van der Waals surface area contributed by atoms with Crippen LogP contribution in [0.2, 0.25) is 0 Å². The van der Waals surface area contributed by atoms with E-state index in [4.69, 9.17) is 15.6 Å².